The third-order valence-corrected chi connectivity index (χ3v) is 10.1. The van der Waals surface area contributed by atoms with Crippen LogP contribution in [0.4, 0.5) is 23.3 Å². The summed E-state index contributed by atoms with van der Waals surface area (Å²) in [7, 11) is 1.74. The summed E-state index contributed by atoms with van der Waals surface area (Å²) in [5.41, 5.74) is 12.9. The number of aliphatic hydroxyl groups is 2. The first kappa shape index (κ1) is 48.9. The summed E-state index contributed by atoms with van der Waals surface area (Å²) in [5, 5.41) is 35.0. The van der Waals surface area contributed by atoms with Gasteiger partial charge in [0.05, 0.1) is 31.6 Å². The largest absolute Gasteiger partial charge is 0.480 e. The molecule has 0 saturated heterocycles. The Hall–Kier alpha value is -5.42. The van der Waals surface area contributed by atoms with E-state index in [0.717, 1.165) is 19.3 Å². The van der Waals surface area contributed by atoms with Crippen molar-refractivity contribution in [1.82, 2.24) is 30.6 Å². The fraction of sp³-hybridized carbons (Fsp3) is 0.581. The van der Waals surface area contributed by atoms with E-state index >= 15 is 0 Å². The lowest BCUT2D eigenvalue weighted by Gasteiger charge is -2.20. The van der Waals surface area contributed by atoms with Gasteiger partial charge in [0.15, 0.2) is 22.8 Å². The number of allylic oxidation sites excluding steroid dienone is 1. The molecule has 3 atom stereocenters. The topological polar surface area (TPSA) is 269 Å². The van der Waals surface area contributed by atoms with Crippen molar-refractivity contribution in [2.24, 2.45) is 0 Å². The molecule has 0 aliphatic carbocycles. The number of carboxylic acids is 1. The number of nitrogen functional groups attached to an aromatic ring is 2. The number of anilines is 4. The molecule has 17 nitrogen and oxygen atoms in total. The normalized spacial score (nSPS) is 12.9. The van der Waals surface area contributed by atoms with E-state index in [1.165, 1.54) is 76.1 Å². The van der Waals surface area contributed by atoms with Crippen LogP contribution in [0.1, 0.15) is 133 Å². The third-order valence-electron chi connectivity index (χ3n) is 10.1. The summed E-state index contributed by atoms with van der Waals surface area (Å²) in [4.78, 5) is 67.9. The van der Waals surface area contributed by atoms with Crippen LogP contribution in [0.2, 0.25) is 0 Å². The number of ether oxygens (including phenoxy) is 1. The van der Waals surface area contributed by atoms with Crippen LogP contribution in [0.5, 0.6) is 0 Å². The van der Waals surface area contributed by atoms with Gasteiger partial charge in [0.1, 0.15) is 6.04 Å². The Balaban J connectivity index is 1.27. The van der Waals surface area contributed by atoms with Crippen LogP contribution in [0.15, 0.2) is 42.6 Å². The van der Waals surface area contributed by atoms with E-state index in [-0.39, 0.29) is 60.3 Å². The number of unbranched alkanes of at least 4 members (excludes halogenated alkanes) is 13. The molecule has 9 N–H and O–H groups in total. The van der Waals surface area contributed by atoms with E-state index in [9.17, 15) is 34.5 Å². The van der Waals surface area contributed by atoms with Gasteiger partial charge in [-0.25, -0.2) is 14.8 Å². The zero-order valence-corrected chi connectivity index (χ0v) is 35.2. The van der Waals surface area contributed by atoms with Crippen molar-refractivity contribution in [2.75, 3.05) is 36.6 Å². The number of esters is 1. The van der Waals surface area contributed by atoms with E-state index < -0.39 is 42.6 Å². The van der Waals surface area contributed by atoms with Gasteiger partial charge in [-0.15, -0.1) is 0 Å². The minimum atomic E-state index is -1.33. The Bertz CT molecular complexity index is 1810. The van der Waals surface area contributed by atoms with Gasteiger partial charge in [-0.3, -0.25) is 14.4 Å². The van der Waals surface area contributed by atoms with Crippen molar-refractivity contribution < 1.29 is 39.2 Å². The number of nitrogens with two attached hydrogens (primary N) is 2. The van der Waals surface area contributed by atoms with Crippen LogP contribution >= 0.6 is 0 Å². The number of nitrogens with one attached hydrogen (secondary N) is 2. The highest BCUT2D eigenvalue weighted by Crippen LogP contribution is 2.25. The molecule has 3 aromatic rings. The number of aliphatic hydroxyl groups excluding tert-OH is 2. The lowest BCUT2D eigenvalue weighted by atomic mass is 10.0. The fourth-order valence-electron chi connectivity index (χ4n) is 6.47. The van der Waals surface area contributed by atoms with Crippen molar-refractivity contribution in [3.05, 3.63) is 48.2 Å². The van der Waals surface area contributed by atoms with Gasteiger partial charge in [0.25, 0.3) is 5.91 Å². The second kappa shape index (κ2) is 27.4. The minimum absolute atomic E-state index is 0.0166. The predicted octanol–water partition coefficient (Wildman–Crippen LogP) is 5.51. The number of carbonyl (C=O) groups excluding carboxylic acids is 3. The molecule has 2 amide bonds. The molecule has 3 rings (SSSR count). The van der Waals surface area contributed by atoms with Gasteiger partial charge in [0.2, 0.25) is 11.9 Å². The van der Waals surface area contributed by atoms with E-state index in [4.69, 9.17) is 16.2 Å². The maximum absolute atomic E-state index is 12.9. The molecule has 3 unspecified atom stereocenters. The molecule has 0 aliphatic rings. The van der Waals surface area contributed by atoms with Crippen molar-refractivity contribution in [3.8, 4) is 0 Å². The van der Waals surface area contributed by atoms with Crippen LogP contribution in [0.3, 0.4) is 0 Å². The Morgan fingerprint density at radius 3 is 2.15 bits per heavy atom. The van der Waals surface area contributed by atoms with Gasteiger partial charge in [-0.05, 0) is 62.8 Å². The number of fused-ring (bicyclic) bond motifs is 1. The second-order valence-corrected chi connectivity index (χ2v) is 15.0. The van der Waals surface area contributed by atoms with Crippen molar-refractivity contribution in [2.45, 2.75) is 141 Å². The summed E-state index contributed by atoms with van der Waals surface area (Å²) in [5.74, 6) is -2.33. The van der Waals surface area contributed by atoms with Crippen LogP contribution in [0.25, 0.3) is 11.2 Å². The summed E-state index contributed by atoms with van der Waals surface area (Å²) >= 11 is 0. The molecule has 1 aromatic carbocycles. The Morgan fingerprint density at radius 1 is 0.850 bits per heavy atom. The van der Waals surface area contributed by atoms with Crippen LogP contribution in [-0.4, -0.2) is 97.5 Å². The molecule has 330 valence electrons. The van der Waals surface area contributed by atoms with Crippen LogP contribution < -0.4 is 27.0 Å². The van der Waals surface area contributed by atoms with Gasteiger partial charge >= 0.3 is 11.9 Å². The number of amides is 2. The number of hydrogen-bond donors (Lipinski definition) is 7. The first-order valence-electron chi connectivity index (χ1n) is 21.3. The number of carboxylic acid groups (broad SMARTS) is 1. The van der Waals surface area contributed by atoms with Crippen molar-refractivity contribution in [3.63, 3.8) is 0 Å². The Kier molecular flexibility index (Phi) is 22.3. The quantitative estimate of drug-likeness (QED) is 0.0248. The first-order chi connectivity index (χ1) is 28.9. The maximum Gasteiger partial charge on any atom is 0.326 e. The maximum atomic E-state index is 12.9. The van der Waals surface area contributed by atoms with Crippen molar-refractivity contribution >= 4 is 58.2 Å². The highest BCUT2D eigenvalue weighted by Gasteiger charge is 2.23. The average molecular weight is 836 g/mol. The van der Waals surface area contributed by atoms with E-state index in [0.29, 0.717) is 30.8 Å². The molecule has 60 heavy (non-hydrogen) atoms. The predicted molar refractivity (Wildman–Crippen MR) is 231 cm³/mol. The minimum Gasteiger partial charge on any atom is -0.480 e. The summed E-state index contributed by atoms with van der Waals surface area (Å²) < 4.78 is 5.24. The summed E-state index contributed by atoms with van der Waals surface area (Å²) in [6, 6.07) is 4.23. The molecular formula is C43H65N9O8. The standard InChI is InChI=1S/C43H65N9O8/c1-3-4-5-6-7-8-9-10-11-12-13-14-16-19-34(54)33(29-53)47-36(55)20-17-15-18-27-60-37(56)26-25-32(42(58)59)48-41(57)30-21-23-31(24-22-30)52(2)35-28-46-40-38(49-35)39(44)50-43(45)51-40/h16,19,21-24,28,32-34,53-54H,3-15,17-18,20,25-27,29H2,1-2H3,(H,47,55)(H,48,57)(H,58,59)(H4,44,45,46,50,51)/b19-16-. The third kappa shape index (κ3) is 17.8. The SMILES string of the molecule is CCCCCCCCCCCCC/C=C\C(O)C(CO)NC(=O)CCCCCOC(=O)CCC(NC(=O)c1ccc(N(C)c2cnc3nc(N)nc(N)c3n2)cc1)C(=O)O. The molecular weight excluding hydrogens is 771 g/mol. The number of benzene rings is 1. The first-order valence-corrected chi connectivity index (χ1v) is 21.3. The highest BCUT2D eigenvalue weighted by atomic mass is 16.5. The number of aromatic nitrogens is 4. The van der Waals surface area contributed by atoms with Gasteiger partial charge in [-0.2, -0.15) is 9.97 Å². The summed E-state index contributed by atoms with van der Waals surface area (Å²) in [6.45, 7) is 1.94. The molecule has 0 radical (unpaired) electrons. The van der Waals surface area contributed by atoms with Gasteiger partial charge in [-0.1, -0.05) is 83.3 Å². The lowest BCUT2D eigenvalue weighted by molar-refractivity contribution is -0.144. The number of nitrogens with zero attached hydrogens (tertiary/aromatic N) is 5. The molecule has 0 bridgehead atoms. The van der Waals surface area contributed by atoms with Crippen LogP contribution in [-0.2, 0) is 19.1 Å². The fourth-order valence-corrected chi connectivity index (χ4v) is 6.47. The second-order valence-electron chi connectivity index (χ2n) is 15.0. The highest BCUT2D eigenvalue weighted by molar-refractivity contribution is 5.97. The molecule has 0 fully saturated rings. The molecule has 17 heteroatoms. The van der Waals surface area contributed by atoms with Crippen LogP contribution in [0, 0.1) is 0 Å². The smallest absolute Gasteiger partial charge is 0.326 e. The molecule has 0 aliphatic heterocycles. The monoisotopic (exact) mass is 835 g/mol. The lowest BCUT2D eigenvalue weighted by Crippen LogP contribution is -2.45. The van der Waals surface area contributed by atoms with E-state index in [1.807, 2.05) is 6.08 Å². The van der Waals surface area contributed by atoms with E-state index in [1.54, 1.807) is 30.2 Å². The van der Waals surface area contributed by atoms with Gasteiger partial charge in [0, 0.05) is 31.1 Å². The molecule has 2 aromatic heterocycles. The number of carbonyl (C=O) groups is 4. The number of hydrogen-bond acceptors (Lipinski definition) is 14. The molecule has 2 heterocycles. The Labute approximate surface area is 352 Å². The molecule has 0 saturated carbocycles. The van der Waals surface area contributed by atoms with Gasteiger partial charge < -0.3 is 47.1 Å². The average Bonchev–Trinajstić information content (AvgIpc) is 3.23. The van der Waals surface area contributed by atoms with E-state index in [2.05, 4.69) is 37.5 Å². The number of aliphatic carboxylic acids is 1. The van der Waals surface area contributed by atoms with Crippen molar-refractivity contribution in [1.29, 1.82) is 0 Å². The zero-order chi connectivity index (χ0) is 43.7. The summed E-state index contributed by atoms with van der Waals surface area (Å²) in [6.07, 6.45) is 20.2. The Morgan fingerprint density at radius 2 is 1.50 bits per heavy atom. The zero-order valence-electron chi connectivity index (χ0n) is 35.2. The molecule has 0 spiro atoms. The number of rotatable bonds is 30.